The van der Waals surface area contributed by atoms with Crippen molar-refractivity contribution in [3.05, 3.63) is 24.3 Å². The minimum atomic E-state index is -0.669. The maximum Gasteiger partial charge on any atom is 0.305 e. The zero-order valence-corrected chi connectivity index (χ0v) is 49.4. The second-order valence-electron chi connectivity index (χ2n) is 22.8. The molecule has 0 spiro atoms. The Kier molecular flexibility index (Phi) is 61.4. The molecule has 6 nitrogen and oxygen atoms in total. The van der Waals surface area contributed by atoms with E-state index in [4.69, 9.17) is 4.74 Å². The van der Waals surface area contributed by atoms with Gasteiger partial charge in [-0.3, -0.25) is 9.59 Å². The summed E-state index contributed by atoms with van der Waals surface area (Å²) in [4.78, 5) is 24.5. The lowest BCUT2D eigenvalue weighted by atomic mass is 10.0. The number of nitrogens with one attached hydrogen (secondary N) is 1. The van der Waals surface area contributed by atoms with E-state index < -0.39 is 12.1 Å². The maximum absolute atomic E-state index is 12.5. The lowest BCUT2D eigenvalue weighted by Crippen LogP contribution is -2.45. The highest BCUT2D eigenvalue weighted by molar-refractivity contribution is 5.76. The fourth-order valence-electron chi connectivity index (χ4n) is 10.4. The summed E-state index contributed by atoms with van der Waals surface area (Å²) in [6.45, 7) is 4.95. The van der Waals surface area contributed by atoms with Crippen molar-refractivity contribution in [2.75, 3.05) is 13.2 Å². The standard InChI is InChI=1S/C67H129NO5/c1-3-5-7-9-11-13-15-17-18-19-20-24-27-30-33-36-39-43-47-51-55-59-65(70)64(63-69)68-66(71)60-56-52-48-44-40-37-34-31-28-25-22-21-23-26-29-32-35-38-42-46-50-54-58-62-73-67(72)61-57-53-49-45-41-16-14-12-10-8-6-4-2/h12,14,25,28,64-65,69-70H,3-11,13,15-24,26-27,29-63H2,1-2H3,(H,68,71)/b14-12-,28-25-. The van der Waals surface area contributed by atoms with Gasteiger partial charge in [0, 0.05) is 12.8 Å². The molecule has 0 fully saturated rings. The minimum Gasteiger partial charge on any atom is -0.466 e. The number of ether oxygens (including phenoxy) is 1. The van der Waals surface area contributed by atoms with E-state index in [0.29, 0.717) is 25.9 Å². The molecule has 0 radical (unpaired) electrons. The Bertz CT molecular complexity index is 1140. The molecular formula is C67H129NO5. The summed E-state index contributed by atoms with van der Waals surface area (Å²) in [5.41, 5.74) is 0. The van der Waals surface area contributed by atoms with Crippen molar-refractivity contribution in [2.24, 2.45) is 0 Å². The fourth-order valence-corrected chi connectivity index (χ4v) is 10.4. The van der Waals surface area contributed by atoms with E-state index in [1.54, 1.807) is 0 Å². The zero-order valence-electron chi connectivity index (χ0n) is 49.4. The zero-order chi connectivity index (χ0) is 52.9. The van der Waals surface area contributed by atoms with Crippen molar-refractivity contribution in [3.8, 4) is 0 Å². The number of unbranched alkanes of at least 4 members (excludes halogenated alkanes) is 47. The summed E-state index contributed by atoms with van der Waals surface area (Å²) in [5.74, 6) is -0.0356. The fraction of sp³-hybridized carbons (Fsp3) is 0.910. The van der Waals surface area contributed by atoms with Crippen LogP contribution in [0, 0.1) is 0 Å². The Morgan fingerprint density at radius 3 is 1.00 bits per heavy atom. The topological polar surface area (TPSA) is 95.9 Å². The van der Waals surface area contributed by atoms with Gasteiger partial charge >= 0.3 is 5.97 Å². The first-order valence-corrected chi connectivity index (χ1v) is 33.1. The summed E-state index contributed by atoms with van der Waals surface area (Å²) < 4.78 is 5.47. The van der Waals surface area contributed by atoms with Gasteiger partial charge in [0.1, 0.15) is 0 Å². The summed E-state index contributed by atoms with van der Waals surface area (Å²) in [5, 5.41) is 23.4. The van der Waals surface area contributed by atoms with Crippen molar-refractivity contribution in [1.82, 2.24) is 5.32 Å². The molecule has 0 aliphatic heterocycles. The molecule has 0 rings (SSSR count). The number of esters is 1. The molecule has 0 aromatic rings. The maximum atomic E-state index is 12.5. The molecule has 6 heteroatoms. The molecule has 0 aliphatic carbocycles. The predicted molar refractivity (Wildman–Crippen MR) is 320 cm³/mol. The summed E-state index contributed by atoms with van der Waals surface area (Å²) >= 11 is 0. The molecule has 0 heterocycles. The van der Waals surface area contributed by atoms with Crippen molar-refractivity contribution >= 4 is 11.9 Å². The second kappa shape index (κ2) is 62.9. The van der Waals surface area contributed by atoms with Crippen LogP contribution in [-0.4, -0.2) is 47.4 Å². The van der Waals surface area contributed by atoms with Gasteiger partial charge in [-0.1, -0.05) is 301 Å². The van der Waals surface area contributed by atoms with Crippen LogP contribution in [0.15, 0.2) is 24.3 Å². The van der Waals surface area contributed by atoms with Crippen LogP contribution < -0.4 is 5.32 Å². The first-order valence-electron chi connectivity index (χ1n) is 33.1. The van der Waals surface area contributed by atoms with Crippen LogP contribution in [0.3, 0.4) is 0 Å². The van der Waals surface area contributed by atoms with Crippen LogP contribution in [0.5, 0.6) is 0 Å². The monoisotopic (exact) mass is 1030 g/mol. The summed E-state index contributed by atoms with van der Waals surface area (Å²) in [6, 6.07) is -0.547. The number of hydrogen-bond donors (Lipinski definition) is 3. The first kappa shape index (κ1) is 71.3. The third-order valence-corrected chi connectivity index (χ3v) is 15.5. The van der Waals surface area contributed by atoms with E-state index in [-0.39, 0.29) is 18.5 Å². The number of amides is 1. The Hall–Kier alpha value is -1.66. The third kappa shape index (κ3) is 59.4. The van der Waals surface area contributed by atoms with Gasteiger partial charge in [0.05, 0.1) is 25.4 Å². The van der Waals surface area contributed by atoms with Crippen LogP contribution in [0.25, 0.3) is 0 Å². The van der Waals surface area contributed by atoms with E-state index in [1.807, 2.05) is 0 Å². The van der Waals surface area contributed by atoms with Gasteiger partial charge in [-0.05, 0) is 77.0 Å². The Labute approximate surface area is 456 Å². The molecule has 0 saturated heterocycles. The molecule has 73 heavy (non-hydrogen) atoms. The van der Waals surface area contributed by atoms with Gasteiger partial charge in [-0.2, -0.15) is 0 Å². The second-order valence-corrected chi connectivity index (χ2v) is 22.8. The highest BCUT2D eigenvalue weighted by Crippen LogP contribution is 2.18. The van der Waals surface area contributed by atoms with Crippen molar-refractivity contribution in [3.63, 3.8) is 0 Å². The van der Waals surface area contributed by atoms with Crippen LogP contribution >= 0.6 is 0 Å². The van der Waals surface area contributed by atoms with E-state index in [0.717, 1.165) is 44.9 Å². The van der Waals surface area contributed by atoms with Crippen LogP contribution in [-0.2, 0) is 14.3 Å². The smallest absolute Gasteiger partial charge is 0.305 e. The minimum absolute atomic E-state index is 0.00199. The molecule has 0 aromatic carbocycles. The number of carbonyl (C=O) groups is 2. The number of carbonyl (C=O) groups excluding carboxylic acids is 2. The van der Waals surface area contributed by atoms with Crippen LogP contribution in [0.1, 0.15) is 367 Å². The number of aliphatic hydroxyl groups excluding tert-OH is 2. The van der Waals surface area contributed by atoms with Crippen molar-refractivity contribution < 1.29 is 24.5 Å². The van der Waals surface area contributed by atoms with Crippen LogP contribution in [0.2, 0.25) is 0 Å². The molecular weight excluding hydrogens is 899 g/mol. The lowest BCUT2D eigenvalue weighted by Gasteiger charge is -2.22. The highest BCUT2D eigenvalue weighted by atomic mass is 16.5. The van der Waals surface area contributed by atoms with Crippen molar-refractivity contribution in [2.45, 2.75) is 379 Å². The number of allylic oxidation sites excluding steroid dienone is 4. The molecule has 1 amide bonds. The largest absolute Gasteiger partial charge is 0.466 e. The van der Waals surface area contributed by atoms with E-state index >= 15 is 0 Å². The van der Waals surface area contributed by atoms with Gasteiger partial charge in [-0.15, -0.1) is 0 Å². The molecule has 432 valence electrons. The average Bonchev–Trinajstić information content (AvgIpc) is 3.39. The van der Waals surface area contributed by atoms with Gasteiger partial charge < -0.3 is 20.3 Å². The Morgan fingerprint density at radius 1 is 0.370 bits per heavy atom. The van der Waals surface area contributed by atoms with E-state index in [9.17, 15) is 19.8 Å². The SMILES string of the molecule is CCCCC/C=C\CCCCCCCC(=O)OCCCCCCCCCCCCCC/C=C\CCCCCCCCCC(=O)NC(CO)C(O)CCCCCCCCCCCCCCCCCCCCCCC. The third-order valence-electron chi connectivity index (χ3n) is 15.5. The Morgan fingerprint density at radius 2 is 0.644 bits per heavy atom. The first-order chi connectivity index (χ1) is 36.0. The van der Waals surface area contributed by atoms with E-state index in [1.165, 1.54) is 289 Å². The van der Waals surface area contributed by atoms with Crippen molar-refractivity contribution in [1.29, 1.82) is 0 Å². The molecule has 3 N–H and O–H groups in total. The molecule has 2 unspecified atom stereocenters. The lowest BCUT2D eigenvalue weighted by molar-refractivity contribution is -0.143. The molecule has 0 saturated carbocycles. The normalized spacial score (nSPS) is 12.7. The summed E-state index contributed by atoms with van der Waals surface area (Å²) in [7, 11) is 0. The van der Waals surface area contributed by atoms with Gasteiger partial charge in [-0.25, -0.2) is 0 Å². The quantitative estimate of drug-likeness (QED) is 0.0320. The number of rotatable bonds is 62. The van der Waals surface area contributed by atoms with Gasteiger partial charge in [0.2, 0.25) is 5.91 Å². The summed E-state index contributed by atoms with van der Waals surface area (Å²) in [6.07, 6.45) is 77.7. The predicted octanol–water partition coefficient (Wildman–Crippen LogP) is 21.0. The van der Waals surface area contributed by atoms with Gasteiger partial charge in [0.25, 0.3) is 0 Å². The van der Waals surface area contributed by atoms with Gasteiger partial charge in [0.15, 0.2) is 0 Å². The Balaban J connectivity index is 3.42. The average molecular weight is 1030 g/mol. The molecule has 2 atom stereocenters. The molecule has 0 aromatic heterocycles. The van der Waals surface area contributed by atoms with E-state index in [2.05, 4.69) is 43.5 Å². The van der Waals surface area contributed by atoms with Crippen LogP contribution in [0.4, 0.5) is 0 Å². The highest BCUT2D eigenvalue weighted by Gasteiger charge is 2.20. The number of hydrogen-bond acceptors (Lipinski definition) is 5. The molecule has 0 bridgehead atoms. The number of aliphatic hydroxyl groups is 2. The molecule has 0 aliphatic rings.